The number of ether oxygens (including phenoxy) is 4. The van der Waals surface area contributed by atoms with Crippen molar-refractivity contribution in [2.24, 2.45) is 0 Å². The van der Waals surface area contributed by atoms with Crippen molar-refractivity contribution in [1.82, 2.24) is 0 Å². The van der Waals surface area contributed by atoms with Gasteiger partial charge in [-0.25, -0.2) is 0 Å². The molecule has 4 rings (SSSR count). The number of benzene rings is 2. The average molecular weight is 609 g/mol. The topological polar surface area (TPSA) is 216 Å². The van der Waals surface area contributed by atoms with Gasteiger partial charge in [-0.2, -0.15) is 0 Å². The van der Waals surface area contributed by atoms with Crippen LogP contribution in [0.15, 0.2) is 48.5 Å². The molecule has 13 nitrogen and oxygen atoms in total. The van der Waals surface area contributed by atoms with Crippen molar-refractivity contribution >= 4 is 5.78 Å². The third kappa shape index (κ3) is 8.92. The molecule has 238 valence electrons. The second-order valence-electron chi connectivity index (χ2n) is 10.9. The van der Waals surface area contributed by atoms with Gasteiger partial charge in [0.1, 0.15) is 60.0 Å². The van der Waals surface area contributed by atoms with Gasteiger partial charge in [0.05, 0.1) is 19.3 Å². The van der Waals surface area contributed by atoms with Crippen LogP contribution in [0, 0.1) is 0 Å². The van der Waals surface area contributed by atoms with Crippen LogP contribution in [0.1, 0.15) is 30.4 Å². The van der Waals surface area contributed by atoms with Gasteiger partial charge in [-0.1, -0.05) is 24.3 Å². The normalized spacial score (nSPS) is 31.9. The summed E-state index contributed by atoms with van der Waals surface area (Å²) in [5.41, 5.74) is 1.76. The Balaban J connectivity index is 1.41. The molecule has 13 heteroatoms. The molecule has 0 bridgehead atoms. The van der Waals surface area contributed by atoms with Crippen LogP contribution in [-0.2, 0) is 36.6 Å². The predicted octanol–water partition coefficient (Wildman–Crippen LogP) is -0.729. The first-order chi connectivity index (χ1) is 20.5. The van der Waals surface area contributed by atoms with Gasteiger partial charge < -0.3 is 59.8 Å². The molecule has 0 amide bonds. The van der Waals surface area contributed by atoms with Crippen molar-refractivity contribution in [1.29, 1.82) is 0 Å². The van der Waals surface area contributed by atoms with E-state index in [1.807, 2.05) is 0 Å². The molecule has 8 N–H and O–H groups in total. The summed E-state index contributed by atoms with van der Waals surface area (Å²) in [5, 5.41) is 80.5. The number of phenolic OH excluding ortho intramolecular Hbond substituents is 2. The number of carbonyl (C=O) groups is 1. The van der Waals surface area contributed by atoms with E-state index >= 15 is 0 Å². The summed E-state index contributed by atoms with van der Waals surface area (Å²) in [6.45, 7) is -1.01. The second kappa shape index (κ2) is 15.3. The fourth-order valence-electron chi connectivity index (χ4n) is 5.10. The molecular weight excluding hydrogens is 568 g/mol. The Hall–Kier alpha value is -2.69. The number of aryl methyl sites for hydroxylation is 2. The molecule has 2 saturated heterocycles. The molecule has 2 fully saturated rings. The summed E-state index contributed by atoms with van der Waals surface area (Å²) in [7, 11) is 0. The lowest BCUT2D eigenvalue weighted by Crippen LogP contribution is -2.63. The monoisotopic (exact) mass is 608 g/mol. The second-order valence-corrected chi connectivity index (χ2v) is 10.9. The maximum Gasteiger partial charge on any atom is 0.187 e. The van der Waals surface area contributed by atoms with E-state index in [1.54, 1.807) is 48.5 Å². The van der Waals surface area contributed by atoms with Crippen LogP contribution in [-0.4, -0.2) is 121 Å². The van der Waals surface area contributed by atoms with Crippen LogP contribution in [0.5, 0.6) is 11.5 Å². The zero-order valence-electron chi connectivity index (χ0n) is 23.5. The van der Waals surface area contributed by atoms with E-state index in [1.165, 1.54) is 0 Å². The molecule has 10 atom stereocenters. The Morgan fingerprint density at radius 3 is 2.02 bits per heavy atom. The lowest BCUT2D eigenvalue weighted by molar-refractivity contribution is -0.351. The zero-order valence-corrected chi connectivity index (χ0v) is 23.5. The van der Waals surface area contributed by atoms with Gasteiger partial charge in [-0.15, -0.1) is 0 Å². The number of rotatable bonds is 13. The van der Waals surface area contributed by atoms with E-state index in [0.29, 0.717) is 19.3 Å². The highest BCUT2D eigenvalue weighted by atomic mass is 16.7. The van der Waals surface area contributed by atoms with E-state index < -0.39 is 68.0 Å². The highest BCUT2D eigenvalue weighted by Gasteiger charge is 2.48. The first kappa shape index (κ1) is 33.2. The minimum absolute atomic E-state index is 0.0104. The Morgan fingerprint density at radius 1 is 0.814 bits per heavy atom. The molecule has 0 spiro atoms. The molecule has 2 aromatic rings. The lowest BCUT2D eigenvalue weighted by atomic mass is 9.98. The Morgan fingerprint density at radius 2 is 1.42 bits per heavy atom. The van der Waals surface area contributed by atoms with E-state index in [-0.39, 0.29) is 36.7 Å². The van der Waals surface area contributed by atoms with Crippen LogP contribution < -0.4 is 0 Å². The molecule has 0 aliphatic carbocycles. The van der Waals surface area contributed by atoms with Crippen molar-refractivity contribution in [2.45, 2.75) is 93.5 Å². The van der Waals surface area contributed by atoms with Gasteiger partial charge in [0, 0.05) is 12.8 Å². The van der Waals surface area contributed by atoms with Crippen LogP contribution in [0.2, 0.25) is 0 Å². The largest absolute Gasteiger partial charge is 0.508 e. The van der Waals surface area contributed by atoms with E-state index in [0.717, 1.165) is 11.1 Å². The molecule has 2 aliphatic rings. The SMILES string of the molecule is O=C(CCc1ccc(O)cc1)C[C@H](CCc1ccc(O)cc1)O[C@H]1OC[C@H](O)[C@@H](O[C@H]2O[C@@H](CO)[C@H](O)[C@@H](O)[C@@H]2O)[C@@H]1O. The molecule has 43 heavy (non-hydrogen) atoms. The van der Waals surface area contributed by atoms with Gasteiger partial charge >= 0.3 is 0 Å². The van der Waals surface area contributed by atoms with E-state index in [9.17, 15) is 45.6 Å². The first-order valence-corrected chi connectivity index (χ1v) is 14.2. The maximum absolute atomic E-state index is 13.0. The smallest absolute Gasteiger partial charge is 0.187 e. The predicted molar refractivity (Wildman–Crippen MR) is 148 cm³/mol. The number of hydrogen-bond acceptors (Lipinski definition) is 13. The van der Waals surface area contributed by atoms with Crippen molar-refractivity contribution in [3.8, 4) is 11.5 Å². The summed E-state index contributed by atoms with van der Waals surface area (Å²) >= 11 is 0. The molecule has 2 aliphatic heterocycles. The number of hydrogen-bond donors (Lipinski definition) is 8. The average Bonchev–Trinajstić information content (AvgIpc) is 2.99. The van der Waals surface area contributed by atoms with Gasteiger partial charge in [-0.05, 0) is 54.7 Å². The molecule has 0 saturated carbocycles. The number of phenols is 2. The molecule has 0 unspecified atom stereocenters. The quantitative estimate of drug-likeness (QED) is 0.141. The molecule has 2 aromatic carbocycles. The van der Waals surface area contributed by atoms with E-state index in [2.05, 4.69) is 0 Å². The van der Waals surface area contributed by atoms with Gasteiger partial charge in [-0.3, -0.25) is 4.79 Å². The highest BCUT2D eigenvalue weighted by Crippen LogP contribution is 2.29. The zero-order chi connectivity index (χ0) is 31.1. The van der Waals surface area contributed by atoms with Gasteiger partial charge in [0.2, 0.25) is 0 Å². The summed E-state index contributed by atoms with van der Waals surface area (Å²) < 4.78 is 22.6. The van der Waals surface area contributed by atoms with Crippen molar-refractivity contribution in [2.75, 3.05) is 13.2 Å². The Labute approximate surface area is 248 Å². The standard InChI is InChI=1S/C30H40O13/c31-14-23-24(36)25(37)26(38)30(42-23)43-28-22(35)15-40-29(27(28)39)41-21(12-6-17-3-9-19(33)10-4-17)13-20(34)11-5-16-1-7-18(32)8-2-16/h1-4,7-10,21-33,35-39H,5-6,11-15H2/t21-,22-,23-,24-,25+,26-,27-,28+,29+,30+/m0/s1. The summed E-state index contributed by atoms with van der Waals surface area (Å²) in [6.07, 6.45) is -12.9. The lowest BCUT2D eigenvalue weighted by Gasteiger charge is -2.44. The van der Waals surface area contributed by atoms with Crippen molar-refractivity contribution < 1.29 is 64.6 Å². The first-order valence-electron chi connectivity index (χ1n) is 14.2. The van der Waals surface area contributed by atoms with Crippen molar-refractivity contribution in [3.63, 3.8) is 0 Å². The highest BCUT2D eigenvalue weighted by molar-refractivity contribution is 5.79. The number of carbonyl (C=O) groups excluding carboxylic acids is 1. The molecule has 2 heterocycles. The number of Topliss-reactive ketones (excluding diaryl/α,β-unsaturated/α-hetero) is 1. The third-order valence-electron chi connectivity index (χ3n) is 7.67. The molecule has 0 aromatic heterocycles. The summed E-state index contributed by atoms with van der Waals surface area (Å²) in [5.74, 6) is 0.134. The number of aliphatic hydroxyl groups is 6. The van der Waals surface area contributed by atoms with E-state index in [4.69, 9.17) is 18.9 Å². The van der Waals surface area contributed by atoms with Crippen LogP contribution in [0.25, 0.3) is 0 Å². The summed E-state index contributed by atoms with van der Waals surface area (Å²) in [6, 6.07) is 13.1. The maximum atomic E-state index is 13.0. The Bertz CT molecular complexity index is 1140. The van der Waals surface area contributed by atoms with Crippen molar-refractivity contribution in [3.05, 3.63) is 59.7 Å². The fourth-order valence-corrected chi connectivity index (χ4v) is 5.10. The third-order valence-corrected chi connectivity index (χ3v) is 7.67. The minimum atomic E-state index is -1.75. The minimum Gasteiger partial charge on any atom is -0.508 e. The van der Waals surface area contributed by atoms with Crippen LogP contribution in [0.4, 0.5) is 0 Å². The number of ketones is 1. The summed E-state index contributed by atoms with van der Waals surface area (Å²) in [4.78, 5) is 13.0. The van der Waals surface area contributed by atoms with Gasteiger partial charge in [0.25, 0.3) is 0 Å². The Kier molecular flexibility index (Phi) is 11.9. The number of aliphatic hydroxyl groups excluding tert-OH is 6. The van der Waals surface area contributed by atoms with Crippen LogP contribution in [0.3, 0.4) is 0 Å². The van der Waals surface area contributed by atoms with Crippen LogP contribution >= 0.6 is 0 Å². The van der Waals surface area contributed by atoms with Gasteiger partial charge in [0.15, 0.2) is 12.6 Å². The number of aromatic hydroxyl groups is 2. The molecular formula is C30H40O13. The molecule has 0 radical (unpaired) electrons. The fraction of sp³-hybridized carbons (Fsp3) is 0.567.